The van der Waals surface area contributed by atoms with E-state index in [1.165, 1.54) is 22.2 Å². The number of para-hydroxylation sites is 1. The molecule has 376 valence electrons. The number of rotatable bonds is 9. The second-order valence-corrected chi connectivity index (χ2v) is 20.3. The second-order valence-electron chi connectivity index (χ2n) is 19.5. The van der Waals surface area contributed by atoms with Crippen LogP contribution >= 0.6 is 11.3 Å². The Bertz CT molecular complexity index is 2440. The largest absolute Gasteiger partial charge is 0.466 e. The molecular formula is C62H88N2O4S. The number of fused-ring (bicyclic) bond motifs is 1. The molecule has 0 atom stereocenters. The molecule has 0 aliphatic carbocycles. The molecule has 0 bridgehead atoms. The average molecular weight is 957 g/mol. The Balaban J connectivity index is 0.000000278. The van der Waals surface area contributed by atoms with E-state index in [1.54, 1.807) is 11.3 Å². The Morgan fingerprint density at radius 3 is 1.30 bits per heavy atom. The number of hydrogen-bond donors (Lipinski definition) is 0. The topological polar surface area (TPSA) is 78.3 Å². The number of aromatic nitrogens is 2. The Morgan fingerprint density at radius 1 is 0.464 bits per heavy atom. The lowest BCUT2D eigenvalue weighted by Crippen LogP contribution is -1.91. The maximum atomic E-state index is 5.49. The minimum absolute atomic E-state index is 0.504. The molecule has 8 rings (SSSR count). The Hall–Kier alpha value is -5.40. The smallest absolute Gasteiger partial charge is 0.106 e. The van der Waals surface area contributed by atoms with Crippen molar-refractivity contribution in [3.8, 4) is 0 Å². The van der Waals surface area contributed by atoms with Crippen LogP contribution in [0.4, 0.5) is 0 Å². The summed E-state index contributed by atoms with van der Waals surface area (Å²) >= 11 is 1.77. The summed E-state index contributed by atoms with van der Waals surface area (Å²) in [6.45, 7) is 40.3. The van der Waals surface area contributed by atoms with Crippen molar-refractivity contribution in [2.45, 2.75) is 186 Å². The zero-order valence-corrected chi connectivity index (χ0v) is 46.8. The van der Waals surface area contributed by atoms with Crippen molar-refractivity contribution >= 4 is 22.2 Å². The predicted molar refractivity (Wildman–Crippen MR) is 297 cm³/mol. The van der Waals surface area contributed by atoms with Gasteiger partial charge in [0, 0.05) is 59.5 Å². The summed E-state index contributed by atoms with van der Waals surface area (Å²) in [5.41, 5.74) is 6.13. The van der Waals surface area contributed by atoms with Crippen LogP contribution in [0.3, 0.4) is 0 Å². The Morgan fingerprint density at radius 2 is 0.986 bits per heavy atom. The molecule has 0 saturated carbocycles. The van der Waals surface area contributed by atoms with Gasteiger partial charge in [-0.1, -0.05) is 141 Å². The highest BCUT2D eigenvalue weighted by Gasteiger charge is 2.07. The highest BCUT2D eigenvalue weighted by molar-refractivity contribution is 7.08. The van der Waals surface area contributed by atoms with Crippen LogP contribution in [0.25, 0.3) is 10.9 Å². The number of pyridine rings is 2. The number of hydrogen-bond acceptors (Lipinski definition) is 7. The van der Waals surface area contributed by atoms with E-state index < -0.39 is 0 Å². The van der Waals surface area contributed by atoms with Gasteiger partial charge in [0.05, 0.1) is 5.52 Å². The molecule has 0 fully saturated rings. The molecule has 0 unspecified atom stereocenters. The second kappa shape index (κ2) is 31.7. The van der Waals surface area contributed by atoms with Gasteiger partial charge < -0.3 is 17.7 Å². The summed E-state index contributed by atoms with van der Waals surface area (Å²) in [5.74, 6) is 12.4. The molecule has 0 N–H and O–H groups in total. The lowest BCUT2D eigenvalue weighted by molar-refractivity contribution is 0.451. The van der Waals surface area contributed by atoms with Gasteiger partial charge in [-0.25, -0.2) is 0 Å². The average Bonchev–Trinajstić information content (AvgIpc) is 4.20. The molecule has 1 aromatic carbocycles. The fourth-order valence-electron chi connectivity index (χ4n) is 6.16. The SMILES string of the molecule is CC(C)c1ccc2ccccc2n1.CC(C)c1ccccn1.CC(C)c1ccsc1.CCc1ccc(C(C)C)o1.CCc1ccc(C(C)C)o1.Cc1cc(C(C)C)oc1C.Cc1ccc(C(C)C)o1. The number of nitrogens with zero attached hydrogens (tertiary/aromatic N) is 2. The van der Waals surface area contributed by atoms with Crippen LogP contribution in [0.1, 0.15) is 221 Å². The third-order valence-corrected chi connectivity index (χ3v) is 11.7. The summed E-state index contributed by atoms with van der Waals surface area (Å²) in [4.78, 5) is 8.75. The third kappa shape index (κ3) is 22.7. The van der Waals surface area contributed by atoms with E-state index in [2.05, 4.69) is 199 Å². The zero-order chi connectivity index (χ0) is 51.6. The fraction of sp³-hybridized carbons (Fsp3) is 0.452. The number of benzene rings is 1. The van der Waals surface area contributed by atoms with Crippen molar-refractivity contribution in [2.24, 2.45) is 0 Å². The minimum atomic E-state index is 0.504. The first-order chi connectivity index (χ1) is 32.7. The van der Waals surface area contributed by atoms with Gasteiger partial charge in [-0.15, -0.1) is 0 Å². The highest BCUT2D eigenvalue weighted by Crippen LogP contribution is 2.22. The maximum Gasteiger partial charge on any atom is 0.106 e. The van der Waals surface area contributed by atoms with Crippen molar-refractivity contribution in [3.63, 3.8) is 0 Å². The van der Waals surface area contributed by atoms with Gasteiger partial charge >= 0.3 is 0 Å². The minimum Gasteiger partial charge on any atom is -0.466 e. The van der Waals surface area contributed by atoms with Gasteiger partial charge in [0.2, 0.25) is 0 Å². The quantitative estimate of drug-likeness (QED) is 0.143. The summed E-state index contributed by atoms with van der Waals surface area (Å²) in [7, 11) is 0. The first-order valence-corrected chi connectivity index (χ1v) is 26.2. The Kier molecular flexibility index (Phi) is 27.4. The van der Waals surface area contributed by atoms with Gasteiger partial charge in [-0.05, 0) is 133 Å². The standard InChI is InChI=1S/C12H13N.3C9H14O.C8H11N.C8H12O.C7H10S/c1-9(2)11-8-7-10-5-3-4-6-12(10)13-11;1-6(2)9-5-7(3)8(4)10-9;2*1-4-8-5-6-9(10-8)7(2)3;1-7(2)8-5-3-4-6-9-8;1-6(2)8-5-4-7(3)9-8;1-6(2)7-3-4-8-5-7/h3-9H,1-2H3;5-6H,1-4H3;2*5-7H,4H2,1-3H3;3-7H,1-2H3;4-6H,1-3H3;3-6H,1-2H3. The van der Waals surface area contributed by atoms with Crippen LogP contribution < -0.4 is 0 Å². The molecule has 0 radical (unpaired) electrons. The summed E-state index contributed by atoms with van der Waals surface area (Å²) in [6, 6.07) is 35.0. The Labute approximate surface area is 422 Å². The van der Waals surface area contributed by atoms with Crippen molar-refractivity contribution in [3.05, 3.63) is 189 Å². The molecule has 7 heteroatoms. The zero-order valence-electron chi connectivity index (χ0n) is 45.9. The number of aryl methyl sites for hydroxylation is 5. The third-order valence-electron chi connectivity index (χ3n) is 11.0. The van der Waals surface area contributed by atoms with Gasteiger partial charge in [-0.3, -0.25) is 9.97 Å². The van der Waals surface area contributed by atoms with E-state index >= 15 is 0 Å². The lowest BCUT2D eigenvalue weighted by atomic mass is 10.1. The predicted octanol–water partition coefficient (Wildman–Crippen LogP) is 20.1. The van der Waals surface area contributed by atoms with Crippen molar-refractivity contribution in [1.82, 2.24) is 9.97 Å². The van der Waals surface area contributed by atoms with Gasteiger partial charge in [-0.2, -0.15) is 11.3 Å². The van der Waals surface area contributed by atoms with E-state index in [-0.39, 0.29) is 0 Å². The molecule has 69 heavy (non-hydrogen) atoms. The maximum absolute atomic E-state index is 5.49. The first-order valence-electron chi connectivity index (χ1n) is 25.3. The summed E-state index contributed by atoms with van der Waals surface area (Å²) in [6.07, 6.45) is 3.81. The number of thiophene rings is 1. The van der Waals surface area contributed by atoms with Crippen molar-refractivity contribution < 1.29 is 17.7 Å². The van der Waals surface area contributed by atoms with Crippen LogP contribution in [0, 0.1) is 20.8 Å². The van der Waals surface area contributed by atoms with E-state index in [0.29, 0.717) is 41.4 Å². The molecule has 7 heterocycles. The molecule has 8 aromatic rings. The molecule has 6 nitrogen and oxygen atoms in total. The van der Waals surface area contributed by atoms with Crippen LogP contribution in [0.5, 0.6) is 0 Å². The fourth-order valence-corrected chi connectivity index (χ4v) is 6.99. The number of furan rings is 4. The van der Waals surface area contributed by atoms with Crippen LogP contribution in [0.15, 0.2) is 138 Å². The molecule has 0 spiro atoms. The monoisotopic (exact) mass is 957 g/mol. The first kappa shape index (κ1) is 59.7. The molecule has 0 aliphatic heterocycles. The van der Waals surface area contributed by atoms with Gasteiger partial charge in [0.15, 0.2) is 0 Å². The molecule has 0 saturated heterocycles. The van der Waals surface area contributed by atoms with E-state index in [4.69, 9.17) is 17.7 Å². The van der Waals surface area contributed by atoms with E-state index in [9.17, 15) is 0 Å². The lowest BCUT2D eigenvalue weighted by Gasteiger charge is -2.04. The van der Waals surface area contributed by atoms with Crippen LogP contribution in [-0.4, -0.2) is 9.97 Å². The van der Waals surface area contributed by atoms with Gasteiger partial charge in [0.1, 0.15) is 46.1 Å². The van der Waals surface area contributed by atoms with Gasteiger partial charge in [0.25, 0.3) is 0 Å². The normalized spacial score (nSPS) is 10.7. The van der Waals surface area contributed by atoms with E-state index in [1.807, 2.05) is 62.5 Å². The van der Waals surface area contributed by atoms with Crippen molar-refractivity contribution in [1.29, 1.82) is 0 Å². The van der Waals surface area contributed by atoms with Crippen molar-refractivity contribution in [2.75, 3.05) is 0 Å². The molecular weight excluding hydrogens is 869 g/mol. The van der Waals surface area contributed by atoms with E-state index in [0.717, 1.165) is 70.1 Å². The van der Waals surface area contributed by atoms with Crippen LogP contribution in [0.2, 0.25) is 0 Å². The molecule has 0 amide bonds. The van der Waals surface area contributed by atoms with Crippen LogP contribution in [-0.2, 0) is 12.8 Å². The molecule has 7 aromatic heterocycles. The summed E-state index contributed by atoms with van der Waals surface area (Å²) in [5, 5.41) is 5.53. The highest BCUT2D eigenvalue weighted by atomic mass is 32.1. The summed E-state index contributed by atoms with van der Waals surface area (Å²) < 4.78 is 21.8. The molecule has 0 aliphatic rings.